The average molecular weight is 384 g/mol. The maximum Gasteiger partial charge on any atom is 0.272 e. The highest BCUT2D eigenvalue weighted by molar-refractivity contribution is 5.93. The van der Waals surface area contributed by atoms with Crippen molar-refractivity contribution in [3.05, 3.63) is 41.3 Å². The maximum atomic E-state index is 12.7. The molecule has 0 N–H and O–H groups in total. The summed E-state index contributed by atoms with van der Waals surface area (Å²) < 4.78 is 10.9. The van der Waals surface area contributed by atoms with Gasteiger partial charge >= 0.3 is 0 Å². The van der Waals surface area contributed by atoms with E-state index in [4.69, 9.17) is 9.26 Å². The third-order valence-electron chi connectivity index (χ3n) is 5.94. The molecule has 7 nitrogen and oxygen atoms in total. The number of likely N-dealkylation sites (tertiary alicyclic amines) is 1. The largest absolute Gasteiger partial charge is 0.381 e. The molecular formula is C21H28N4O3. The second kappa shape index (κ2) is 8.82. The van der Waals surface area contributed by atoms with E-state index in [0.717, 1.165) is 82.1 Å². The van der Waals surface area contributed by atoms with E-state index in [0.29, 0.717) is 17.5 Å². The minimum Gasteiger partial charge on any atom is -0.381 e. The fourth-order valence-corrected chi connectivity index (χ4v) is 4.10. The summed E-state index contributed by atoms with van der Waals surface area (Å²) in [6, 6.07) is 3.80. The Labute approximate surface area is 165 Å². The molecule has 0 bridgehead atoms. The first-order valence-electron chi connectivity index (χ1n) is 10.3. The molecule has 0 unspecified atom stereocenters. The zero-order valence-electron chi connectivity index (χ0n) is 16.5. The number of hydrogen-bond donors (Lipinski definition) is 0. The van der Waals surface area contributed by atoms with Crippen LogP contribution in [0, 0.1) is 12.8 Å². The number of carbonyl (C=O) groups is 1. The predicted octanol–water partition coefficient (Wildman–Crippen LogP) is 3.15. The number of hydrogen-bond acceptors (Lipinski definition) is 6. The van der Waals surface area contributed by atoms with Crippen LogP contribution in [0.15, 0.2) is 22.9 Å². The van der Waals surface area contributed by atoms with Gasteiger partial charge in [0.25, 0.3) is 5.91 Å². The fraction of sp³-hybridized carbons (Fsp3) is 0.619. The molecule has 0 aromatic carbocycles. The van der Waals surface area contributed by atoms with Crippen molar-refractivity contribution in [3.63, 3.8) is 0 Å². The summed E-state index contributed by atoms with van der Waals surface area (Å²) in [5.74, 6) is 2.57. The highest BCUT2D eigenvalue weighted by Gasteiger charge is 2.26. The summed E-state index contributed by atoms with van der Waals surface area (Å²) in [4.78, 5) is 23.5. The number of amides is 1. The molecule has 2 saturated heterocycles. The van der Waals surface area contributed by atoms with Crippen LogP contribution in [-0.2, 0) is 11.2 Å². The molecular weight excluding hydrogens is 356 g/mol. The van der Waals surface area contributed by atoms with Crippen LogP contribution in [-0.4, -0.2) is 52.2 Å². The lowest BCUT2D eigenvalue weighted by molar-refractivity contribution is 0.0680. The fourth-order valence-electron chi connectivity index (χ4n) is 4.10. The number of nitrogens with zero attached hydrogens (tertiary/aromatic N) is 4. The van der Waals surface area contributed by atoms with Gasteiger partial charge in [-0.25, -0.2) is 0 Å². The minimum absolute atomic E-state index is 0.0517. The number of carbonyl (C=O) groups excluding carboxylic acids is 1. The van der Waals surface area contributed by atoms with E-state index in [1.807, 2.05) is 24.0 Å². The Balaban J connectivity index is 1.24. The van der Waals surface area contributed by atoms with Gasteiger partial charge in [0.2, 0.25) is 5.89 Å². The minimum atomic E-state index is 0.0517. The van der Waals surface area contributed by atoms with Crippen LogP contribution >= 0.6 is 0 Å². The van der Waals surface area contributed by atoms with Gasteiger partial charge in [0.05, 0.1) is 0 Å². The average Bonchev–Trinajstić information content (AvgIpc) is 3.22. The Bertz CT molecular complexity index is 792. The van der Waals surface area contributed by atoms with E-state index in [1.165, 1.54) is 0 Å². The number of aromatic nitrogens is 3. The van der Waals surface area contributed by atoms with Gasteiger partial charge in [0, 0.05) is 44.8 Å². The van der Waals surface area contributed by atoms with Crippen LogP contribution in [0.3, 0.4) is 0 Å². The third kappa shape index (κ3) is 4.41. The monoisotopic (exact) mass is 384 g/mol. The standard InChI is InChI=1S/C21H28N4O3/c1-15-3-2-10-22-19(15)21(26)25-11-6-16(7-12-25)4-5-18-23-20(28-24-18)17-8-13-27-14-9-17/h2-3,10,16-17H,4-9,11-14H2,1H3. The summed E-state index contributed by atoms with van der Waals surface area (Å²) in [6.45, 7) is 5.07. The normalized spacial score (nSPS) is 19.1. The van der Waals surface area contributed by atoms with E-state index in [1.54, 1.807) is 6.20 Å². The highest BCUT2D eigenvalue weighted by Crippen LogP contribution is 2.27. The van der Waals surface area contributed by atoms with Gasteiger partial charge < -0.3 is 14.2 Å². The van der Waals surface area contributed by atoms with E-state index in [2.05, 4.69) is 15.1 Å². The maximum absolute atomic E-state index is 12.7. The molecule has 2 aliphatic heterocycles. The van der Waals surface area contributed by atoms with Crippen molar-refractivity contribution in [1.29, 1.82) is 0 Å². The van der Waals surface area contributed by atoms with Crippen molar-refractivity contribution in [2.24, 2.45) is 5.92 Å². The van der Waals surface area contributed by atoms with Gasteiger partial charge in [-0.2, -0.15) is 4.98 Å². The summed E-state index contributed by atoms with van der Waals surface area (Å²) >= 11 is 0. The van der Waals surface area contributed by atoms with Gasteiger partial charge in [-0.15, -0.1) is 0 Å². The van der Waals surface area contributed by atoms with Crippen molar-refractivity contribution in [1.82, 2.24) is 20.0 Å². The van der Waals surface area contributed by atoms with E-state index in [9.17, 15) is 4.79 Å². The molecule has 0 radical (unpaired) electrons. The smallest absolute Gasteiger partial charge is 0.272 e. The SMILES string of the molecule is Cc1cccnc1C(=O)N1CCC(CCc2noc(C3CCOCC3)n2)CC1. The van der Waals surface area contributed by atoms with Crippen molar-refractivity contribution in [2.45, 2.75) is 51.4 Å². The Hall–Kier alpha value is -2.28. The van der Waals surface area contributed by atoms with Gasteiger partial charge in [-0.3, -0.25) is 9.78 Å². The van der Waals surface area contributed by atoms with E-state index < -0.39 is 0 Å². The van der Waals surface area contributed by atoms with Crippen LogP contribution in [0.2, 0.25) is 0 Å². The molecule has 1 amide bonds. The first kappa shape index (κ1) is 19.1. The summed E-state index contributed by atoms with van der Waals surface area (Å²) in [6.07, 6.45) is 7.52. The van der Waals surface area contributed by atoms with Crippen LogP contribution in [0.25, 0.3) is 0 Å². The summed E-state index contributed by atoms with van der Waals surface area (Å²) in [5, 5.41) is 4.17. The molecule has 0 atom stereocenters. The van der Waals surface area contributed by atoms with Crippen LogP contribution in [0.1, 0.15) is 65.8 Å². The summed E-state index contributed by atoms with van der Waals surface area (Å²) in [7, 11) is 0. The summed E-state index contributed by atoms with van der Waals surface area (Å²) in [5.41, 5.74) is 1.51. The lowest BCUT2D eigenvalue weighted by atomic mass is 9.92. The highest BCUT2D eigenvalue weighted by atomic mass is 16.5. The first-order valence-corrected chi connectivity index (χ1v) is 10.3. The van der Waals surface area contributed by atoms with Gasteiger partial charge in [-0.1, -0.05) is 11.2 Å². The Morgan fingerprint density at radius 3 is 2.75 bits per heavy atom. The quantitative estimate of drug-likeness (QED) is 0.788. The lowest BCUT2D eigenvalue weighted by Crippen LogP contribution is -2.39. The zero-order chi connectivity index (χ0) is 19.3. The Morgan fingerprint density at radius 2 is 2.00 bits per heavy atom. The molecule has 0 aliphatic carbocycles. The molecule has 2 aromatic rings. The molecule has 4 heterocycles. The van der Waals surface area contributed by atoms with Crippen molar-refractivity contribution in [2.75, 3.05) is 26.3 Å². The van der Waals surface area contributed by atoms with Gasteiger partial charge in [0.1, 0.15) is 5.69 Å². The number of aryl methyl sites for hydroxylation is 2. The Morgan fingerprint density at radius 1 is 1.21 bits per heavy atom. The lowest BCUT2D eigenvalue weighted by Gasteiger charge is -2.32. The topological polar surface area (TPSA) is 81.4 Å². The molecule has 150 valence electrons. The Kier molecular flexibility index (Phi) is 6.00. The number of piperidine rings is 1. The van der Waals surface area contributed by atoms with Crippen LogP contribution < -0.4 is 0 Å². The molecule has 7 heteroatoms. The second-order valence-corrected chi connectivity index (χ2v) is 7.88. The molecule has 28 heavy (non-hydrogen) atoms. The number of rotatable bonds is 5. The van der Waals surface area contributed by atoms with E-state index in [-0.39, 0.29) is 5.91 Å². The van der Waals surface area contributed by atoms with Crippen LogP contribution in [0.4, 0.5) is 0 Å². The third-order valence-corrected chi connectivity index (χ3v) is 5.94. The van der Waals surface area contributed by atoms with Crippen molar-refractivity contribution in [3.8, 4) is 0 Å². The first-order chi connectivity index (χ1) is 13.7. The van der Waals surface area contributed by atoms with Crippen LogP contribution in [0.5, 0.6) is 0 Å². The van der Waals surface area contributed by atoms with Gasteiger partial charge in [0.15, 0.2) is 5.82 Å². The molecule has 0 spiro atoms. The van der Waals surface area contributed by atoms with Crippen molar-refractivity contribution >= 4 is 5.91 Å². The second-order valence-electron chi connectivity index (χ2n) is 7.88. The molecule has 2 fully saturated rings. The number of pyridine rings is 1. The molecule has 0 saturated carbocycles. The van der Waals surface area contributed by atoms with E-state index >= 15 is 0 Å². The zero-order valence-corrected chi connectivity index (χ0v) is 16.5. The van der Waals surface area contributed by atoms with Gasteiger partial charge in [-0.05, 0) is 56.6 Å². The van der Waals surface area contributed by atoms with Crippen molar-refractivity contribution < 1.29 is 14.1 Å². The predicted molar refractivity (Wildman–Crippen MR) is 103 cm³/mol. The molecule has 2 aliphatic rings. The molecule has 2 aromatic heterocycles. The molecule has 4 rings (SSSR count). The number of ether oxygens (including phenoxy) is 1.